The molecule has 2 aromatic rings. The van der Waals surface area contributed by atoms with E-state index in [4.69, 9.17) is 10.5 Å². The molecule has 3 rings (SSSR count). The number of nitrogens with zero attached hydrogens (tertiary/aromatic N) is 3. The third-order valence-electron chi connectivity index (χ3n) is 4.94. The van der Waals surface area contributed by atoms with E-state index in [1.807, 2.05) is 4.31 Å². The summed E-state index contributed by atoms with van der Waals surface area (Å²) >= 11 is 0. The number of ether oxygens (including phenoxy) is 1. The van der Waals surface area contributed by atoms with Crippen molar-refractivity contribution in [1.29, 1.82) is 0 Å². The average Bonchev–Trinajstić information content (AvgIpc) is 2.68. The highest BCUT2D eigenvalue weighted by molar-refractivity contribution is 7.81. The second kappa shape index (κ2) is 8.83. The lowest BCUT2D eigenvalue weighted by Crippen LogP contribution is -2.39. The van der Waals surface area contributed by atoms with Crippen LogP contribution in [0.4, 0.5) is 16.2 Å². The van der Waals surface area contributed by atoms with Crippen molar-refractivity contribution in [2.45, 2.75) is 25.8 Å². The predicted octanol–water partition coefficient (Wildman–Crippen LogP) is 1.92. The molecule has 29 heavy (non-hydrogen) atoms. The van der Waals surface area contributed by atoms with Gasteiger partial charge in [-0.1, -0.05) is 0 Å². The van der Waals surface area contributed by atoms with E-state index in [2.05, 4.69) is 15.3 Å². The van der Waals surface area contributed by atoms with Crippen LogP contribution in [-0.2, 0) is 11.0 Å². The molecule has 1 aromatic carbocycles. The lowest BCUT2D eigenvalue weighted by molar-refractivity contribution is 0.103. The van der Waals surface area contributed by atoms with Crippen molar-refractivity contribution in [3.63, 3.8) is 0 Å². The summed E-state index contributed by atoms with van der Waals surface area (Å²) < 4.78 is 32.9. The van der Waals surface area contributed by atoms with Gasteiger partial charge in [-0.3, -0.25) is 4.79 Å². The maximum absolute atomic E-state index is 14.3. The quantitative estimate of drug-likeness (QED) is 0.686. The number of nitrogen functional groups attached to an aromatic ring is 1. The van der Waals surface area contributed by atoms with Crippen molar-refractivity contribution < 1.29 is 18.1 Å². The largest absolute Gasteiger partial charge is 0.496 e. The van der Waals surface area contributed by atoms with Gasteiger partial charge in [0.25, 0.3) is 0 Å². The highest BCUT2D eigenvalue weighted by Crippen LogP contribution is 2.25. The minimum absolute atomic E-state index is 0.0246. The van der Waals surface area contributed by atoms with Gasteiger partial charge in [-0.15, -0.1) is 0 Å². The van der Waals surface area contributed by atoms with Crippen molar-refractivity contribution in [3.05, 3.63) is 40.8 Å². The zero-order chi connectivity index (χ0) is 21.1. The maximum atomic E-state index is 14.3. The van der Waals surface area contributed by atoms with Crippen LogP contribution >= 0.6 is 0 Å². The molecule has 1 unspecified atom stereocenters. The lowest BCUT2D eigenvalue weighted by atomic mass is 10.0. The maximum Gasteiger partial charge on any atom is 0.224 e. The highest BCUT2D eigenvalue weighted by atomic mass is 32.2. The molecule has 8 nitrogen and oxygen atoms in total. The molecule has 1 aliphatic heterocycles. The fourth-order valence-corrected chi connectivity index (χ4v) is 4.00. The van der Waals surface area contributed by atoms with Crippen LogP contribution in [0.5, 0.6) is 5.75 Å². The summed E-state index contributed by atoms with van der Waals surface area (Å²) in [6.45, 7) is 3.11. The molecule has 3 N–H and O–H groups in total. The summed E-state index contributed by atoms with van der Waals surface area (Å²) in [6, 6.07) is 2.72. The minimum Gasteiger partial charge on any atom is -0.496 e. The zero-order valence-electron chi connectivity index (χ0n) is 16.6. The third-order valence-corrected chi connectivity index (χ3v) is 6.04. The molecule has 1 aromatic heterocycles. The number of carbonyl (C=O) groups excluding carboxylic acids is 1. The number of rotatable bonds is 6. The SMILES string of the molecule is COc1cc(C(=O)c2cnc(NC3CCN(S(C)=O)CC3)nc2N)c(F)cc1C. The minimum atomic E-state index is -0.973. The number of nitrogens with two attached hydrogens (primary N) is 1. The molecule has 2 heterocycles. The van der Waals surface area contributed by atoms with Crippen molar-refractivity contribution in [2.75, 3.05) is 37.5 Å². The number of carbonyl (C=O) groups is 1. The highest BCUT2D eigenvalue weighted by Gasteiger charge is 2.23. The molecule has 156 valence electrons. The summed E-state index contributed by atoms with van der Waals surface area (Å²) in [5.74, 6) is -0.582. The van der Waals surface area contributed by atoms with Crippen molar-refractivity contribution in [3.8, 4) is 5.75 Å². The number of hydrogen-bond acceptors (Lipinski definition) is 7. The third kappa shape index (κ3) is 4.70. The van der Waals surface area contributed by atoms with E-state index < -0.39 is 22.6 Å². The Bertz CT molecular complexity index is 948. The molecular formula is C19H24FN5O3S. The van der Waals surface area contributed by atoms with Gasteiger partial charge >= 0.3 is 0 Å². The average molecular weight is 421 g/mol. The van der Waals surface area contributed by atoms with Gasteiger partial charge in [0.1, 0.15) is 17.4 Å². The number of hydrogen-bond donors (Lipinski definition) is 2. The number of halogens is 1. The van der Waals surface area contributed by atoms with Crippen molar-refractivity contribution in [2.24, 2.45) is 0 Å². The Morgan fingerprint density at radius 2 is 2.03 bits per heavy atom. The van der Waals surface area contributed by atoms with E-state index in [1.54, 1.807) is 13.2 Å². The molecule has 1 fully saturated rings. The molecule has 1 atom stereocenters. The standard InChI is InChI=1S/C19H24FN5O3S/c1-11-8-15(20)13(9-16(11)28-2)17(26)14-10-22-19(24-18(14)21)23-12-4-6-25(7-5-12)29(3)27/h8-10,12H,4-7H2,1-3H3,(H3,21,22,23,24). The van der Waals surface area contributed by atoms with Gasteiger partial charge < -0.3 is 15.8 Å². The second-order valence-electron chi connectivity index (χ2n) is 6.89. The fraction of sp³-hybridized carbons (Fsp3) is 0.421. The number of piperidine rings is 1. The molecule has 1 saturated heterocycles. The molecule has 0 spiro atoms. The van der Waals surface area contributed by atoms with Crippen LogP contribution in [-0.4, -0.2) is 56.8 Å². The van der Waals surface area contributed by atoms with Crippen LogP contribution in [0.1, 0.15) is 34.3 Å². The summed E-state index contributed by atoms with van der Waals surface area (Å²) in [6.07, 6.45) is 4.55. The molecular weight excluding hydrogens is 397 g/mol. The lowest BCUT2D eigenvalue weighted by Gasteiger charge is -2.30. The van der Waals surface area contributed by atoms with E-state index in [0.29, 0.717) is 30.4 Å². The van der Waals surface area contributed by atoms with Gasteiger partial charge in [-0.05, 0) is 37.5 Å². The van der Waals surface area contributed by atoms with Crippen LogP contribution in [0.3, 0.4) is 0 Å². The number of anilines is 2. The molecule has 0 aliphatic carbocycles. The van der Waals surface area contributed by atoms with E-state index >= 15 is 0 Å². The predicted molar refractivity (Wildman–Crippen MR) is 110 cm³/mol. The molecule has 10 heteroatoms. The summed E-state index contributed by atoms with van der Waals surface area (Å²) in [5.41, 5.74) is 6.42. The van der Waals surface area contributed by atoms with E-state index in [-0.39, 0.29) is 23.0 Å². The van der Waals surface area contributed by atoms with Gasteiger partial charge in [-0.2, -0.15) is 4.98 Å². The molecule has 0 amide bonds. The Labute approximate surface area is 171 Å². The van der Waals surface area contributed by atoms with Crippen molar-refractivity contribution >= 4 is 28.5 Å². The van der Waals surface area contributed by atoms with Crippen LogP contribution < -0.4 is 15.8 Å². The number of aromatic nitrogens is 2. The van der Waals surface area contributed by atoms with Crippen molar-refractivity contribution in [1.82, 2.24) is 14.3 Å². The molecule has 0 saturated carbocycles. The van der Waals surface area contributed by atoms with Crippen LogP contribution in [0, 0.1) is 12.7 Å². The van der Waals surface area contributed by atoms with E-state index in [0.717, 1.165) is 12.8 Å². The van der Waals surface area contributed by atoms with Gasteiger partial charge in [0, 0.05) is 31.6 Å². The summed E-state index contributed by atoms with van der Waals surface area (Å²) in [5, 5.41) is 3.19. The zero-order valence-corrected chi connectivity index (χ0v) is 17.4. The first-order chi connectivity index (χ1) is 13.8. The summed E-state index contributed by atoms with van der Waals surface area (Å²) in [4.78, 5) is 21.1. The van der Waals surface area contributed by atoms with Gasteiger partial charge in [0.2, 0.25) is 11.7 Å². The number of benzene rings is 1. The molecule has 0 bridgehead atoms. The Kier molecular flexibility index (Phi) is 6.43. The smallest absolute Gasteiger partial charge is 0.224 e. The first kappa shape index (κ1) is 21.1. The summed E-state index contributed by atoms with van der Waals surface area (Å²) in [7, 11) is 0.481. The van der Waals surface area contributed by atoms with Gasteiger partial charge in [0.05, 0.1) is 29.2 Å². The second-order valence-corrected chi connectivity index (χ2v) is 8.26. The number of methoxy groups -OCH3 is 1. The van der Waals surface area contributed by atoms with Crippen LogP contribution in [0.25, 0.3) is 0 Å². The molecule has 1 aliphatic rings. The first-order valence-corrected chi connectivity index (χ1v) is 10.7. The number of ketones is 1. The first-order valence-electron chi connectivity index (χ1n) is 9.16. The van der Waals surface area contributed by atoms with Crippen LogP contribution in [0.2, 0.25) is 0 Å². The Hall–Kier alpha value is -2.59. The number of aryl methyl sites for hydroxylation is 1. The fourth-order valence-electron chi connectivity index (χ4n) is 3.27. The van der Waals surface area contributed by atoms with E-state index in [1.165, 1.54) is 25.4 Å². The normalized spacial score (nSPS) is 16.4. The van der Waals surface area contributed by atoms with Gasteiger partial charge in [-0.25, -0.2) is 17.9 Å². The van der Waals surface area contributed by atoms with E-state index in [9.17, 15) is 13.4 Å². The Balaban J connectivity index is 1.75. The Morgan fingerprint density at radius 3 is 2.62 bits per heavy atom. The Morgan fingerprint density at radius 1 is 1.34 bits per heavy atom. The number of nitrogens with one attached hydrogen (secondary N) is 1. The van der Waals surface area contributed by atoms with Crippen LogP contribution in [0.15, 0.2) is 18.3 Å². The van der Waals surface area contributed by atoms with Gasteiger partial charge in [0.15, 0.2) is 0 Å². The topological polar surface area (TPSA) is 110 Å². The molecule has 0 radical (unpaired) electrons. The monoisotopic (exact) mass is 421 g/mol.